The molecule has 0 aliphatic heterocycles. The Labute approximate surface area is 131 Å². The average molecular weight is 336 g/mol. The summed E-state index contributed by atoms with van der Waals surface area (Å²) in [5.74, 6) is 0.416. The van der Waals surface area contributed by atoms with Crippen molar-refractivity contribution in [2.24, 2.45) is 5.41 Å². The summed E-state index contributed by atoms with van der Waals surface area (Å²) in [5.41, 5.74) is -0.283. The van der Waals surface area contributed by atoms with Gasteiger partial charge in [0.1, 0.15) is 5.75 Å². The number of sulfonamides is 1. The average Bonchev–Trinajstić information content (AvgIpc) is 2.37. The number of halogens is 1. The van der Waals surface area contributed by atoms with Gasteiger partial charge in [-0.1, -0.05) is 32.4 Å². The van der Waals surface area contributed by atoms with Crippen molar-refractivity contribution < 1.29 is 18.3 Å². The Bertz CT molecular complexity index is 581. The third-order valence-corrected chi connectivity index (χ3v) is 4.90. The van der Waals surface area contributed by atoms with Crippen LogP contribution in [0.1, 0.15) is 27.2 Å². The second kappa shape index (κ2) is 6.96. The third kappa shape index (κ3) is 5.14. The van der Waals surface area contributed by atoms with E-state index < -0.39 is 16.1 Å². The van der Waals surface area contributed by atoms with Crippen molar-refractivity contribution in [1.29, 1.82) is 0 Å². The molecule has 0 aliphatic rings. The highest BCUT2D eigenvalue weighted by atomic mass is 35.5. The lowest BCUT2D eigenvalue weighted by molar-refractivity contribution is 0.0571. The van der Waals surface area contributed by atoms with E-state index in [1.807, 2.05) is 20.8 Å². The molecular formula is C14H22ClNO4S. The van der Waals surface area contributed by atoms with E-state index in [9.17, 15) is 13.5 Å². The van der Waals surface area contributed by atoms with Crippen LogP contribution in [0.15, 0.2) is 23.1 Å². The Morgan fingerprint density at radius 2 is 2.00 bits per heavy atom. The number of aliphatic hydroxyl groups is 1. The van der Waals surface area contributed by atoms with Crippen LogP contribution in [0.4, 0.5) is 0 Å². The molecule has 1 unspecified atom stereocenters. The van der Waals surface area contributed by atoms with Crippen LogP contribution < -0.4 is 9.46 Å². The second-order valence-electron chi connectivity index (χ2n) is 5.86. The summed E-state index contributed by atoms with van der Waals surface area (Å²) >= 11 is 5.92. The maximum atomic E-state index is 12.1. The van der Waals surface area contributed by atoms with Crippen LogP contribution in [-0.4, -0.2) is 33.3 Å². The van der Waals surface area contributed by atoms with E-state index >= 15 is 0 Å². The van der Waals surface area contributed by atoms with Gasteiger partial charge in [0.05, 0.1) is 23.1 Å². The smallest absolute Gasteiger partial charge is 0.240 e. The first kappa shape index (κ1) is 18.2. The minimum absolute atomic E-state index is 0.0681. The molecule has 21 heavy (non-hydrogen) atoms. The largest absolute Gasteiger partial charge is 0.495 e. The highest BCUT2D eigenvalue weighted by molar-refractivity contribution is 7.89. The molecule has 0 saturated heterocycles. The number of rotatable bonds is 6. The zero-order chi connectivity index (χ0) is 16.3. The summed E-state index contributed by atoms with van der Waals surface area (Å²) in [6.45, 7) is 5.85. The van der Waals surface area contributed by atoms with Gasteiger partial charge < -0.3 is 9.84 Å². The van der Waals surface area contributed by atoms with Gasteiger partial charge in [-0.2, -0.15) is 0 Å². The van der Waals surface area contributed by atoms with Gasteiger partial charge in [0.25, 0.3) is 0 Å². The molecule has 0 fully saturated rings. The van der Waals surface area contributed by atoms with E-state index in [1.54, 1.807) is 0 Å². The molecule has 0 radical (unpaired) electrons. The second-order valence-corrected chi connectivity index (χ2v) is 8.04. The molecule has 1 aromatic rings. The summed E-state index contributed by atoms with van der Waals surface area (Å²) in [6, 6.07) is 4.26. The van der Waals surface area contributed by atoms with E-state index in [0.717, 1.165) is 0 Å². The molecule has 1 aromatic carbocycles. The zero-order valence-electron chi connectivity index (χ0n) is 12.7. The minimum atomic E-state index is -3.65. The summed E-state index contributed by atoms with van der Waals surface area (Å²) in [4.78, 5) is 0.0681. The Morgan fingerprint density at radius 3 is 2.48 bits per heavy atom. The van der Waals surface area contributed by atoms with Crippen LogP contribution in [0.3, 0.4) is 0 Å². The van der Waals surface area contributed by atoms with Crippen molar-refractivity contribution in [3.05, 3.63) is 23.2 Å². The SMILES string of the molecule is COc1ccc(S(=O)(=O)NCCC(O)C(C)(C)C)cc1Cl. The summed E-state index contributed by atoms with van der Waals surface area (Å²) in [7, 11) is -2.19. The maximum Gasteiger partial charge on any atom is 0.240 e. The van der Waals surface area contributed by atoms with Crippen molar-refractivity contribution in [2.45, 2.75) is 38.2 Å². The van der Waals surface area contributed by atoms with E-state index in [0.29, 0.717) is 12.2 Å². The van der Waals surface area contributed by atoms with Crippen LogP contribution in [-0.2, 0) is 10.0 Å². The Balaban J connectivity index is 2.72. The van der Waals surface area contributed by atoms with E-state index in [1.165, 1.54) is 25.3 Å². The highest BCUT2D eigenvalue weighted by Crippen LogP contribution is 2.27. The fourth-order valence-electron chi connectivity index (χ4n) is 1.66. The van der Waals surface area contributed by atoms with Crippen molar-refractivity contribution in [2.75, 3.05) is 13.7 Å². The first-order chi connectivity index (χ1) is 9.58. The minimum Gasteiger partial charge on any atom is -0.495 e. The standard InChI is InChI=1S/C14H22ClNO4S/c1-14(2,3)13(17)7-8-16-21(18,19)10-5-6-12(20-4)11(15)9-10/h5-6,9,13,16-17H,7-8H2,1-4H3. The maximum absolute atomic E-state index is 12.1. The lowest BCUT2D eigenvalue weighted by atomic mass is 9.87. The van der Waals surface area contributed by atoms with Crippen molar-refractivity contribution >= 4 is 21.6 Å². The van der Waals surface area contributed by atoms with Crippen LogP contribution in [0.25, 0.3) is 0 Å². The zero-order valence-corrected chi connectivity index (χ0v) is 14.3. The molecule has 0 spiro atoms. The van der Waals surface area contributed by atoms with Crippen molar-refractivity contribution in [3.63, 3.8) is 0 Å². The summed E-state index contributed by atoms with van der Waals surface area (Å²) in [5, 5.41) is 10.1. The number of hydrogen-bond acceptors (Lipinski definition) is 4. The van der Waals surface area contributed by atoms with Crippen LogP contribution in [0, 0.1) is 5.41 Å². The third-order valence-electron chi connectivity index (χ3n) is 3.14. The number of aliphatic hydroxyl groups excluding tert-OH is 1. The van der Waals surface area contributed by atoms with Crippen LogP contribution >= 0.6 is 11.6 Å². The topological polar surface area (TPSA) is 75.6 Å². The fraction of sp³-hybridized carbons (Fsp3) is 0.571. The van der Waals surface area contributed by atoms with Gasteiger partial charge in [0, 0.05) is 6.54 Å². The van der Waals surface area contributed by atoms with Crippen molar-refractivity contribution in [1.82, 2.24) is 4.72 Å². The number of hydrogen-bond donors (Lipinski definition) is 2. The summed E-state index contributed by atoms with van der Waals surface area (Å²) < 4.78 is 31.7. The number of methoxy groups -OCH3 is 1. The molecule has 0 bridgehead atoms. The quantitative estimate of drug-likeness (QED) is 0.837. The monoisotopic (exact) mass is 335 g/mol. The first-order valence-electron chi connectivity index (χ1n) is 6.59. The Hall–Kier alpha value is -0.820. The molecule has 0 amide bonds. The predicted molar refractivity (Wildman–Crippen MR) is 83.3 cm³/mol. The highest BCUT2D eigenvalue weighted by Gasteiger charge is 2.23. The molecule has 0 heterocycles. The van der Waals surface area contributed by atoms with E-state index in [-0.39, 0.29) is 21.9 Å². The van der Waals surface area contributed by atoms with E-state index in [2.05, 4.69) is 4.72 Å². The number of nitrogens with one attached hydrogen (secondary N) is 1. The fourth-order valence-corrected chi connectivity index (χ4v) is 3.06. The molecule has 7 heteroatoms. The van der Waals surface area contributed by atoms with Crippen LogP contribution in [0.2, 0.25) is 5.02 Å². The first-order valence-corrected chi connectivity index (χ1v) is 8.45. The molecule has 0 aromatic heterocycles. The van der Waals surface area contributed by atoms with Crippen molar-refractivity contribution in [3.8, 4) is 5.75 Å². The molecular weight excluding hydrogens is 314 g/mol. The normalized spacial score (nSPS) is 14.0. The van der Waals surface area contributed by atoms with Gasteiger partial charge in [0.15, 0.2) is 0 Å². The molecule has 0 aliphatic carbocycles. The molecule has 1 rings (SSSR count). The number of ether oxygens (including phenoxy) is 1. The van der Waals surface area contributed by atoms with Gasteiger partial charge in [-0.05, 0) is 30.0 Å². The van der Waals surface area contributed by atoms with Gasteiger partial charge in [-0.15, -0.1) is 0 Å². The lowest BCUT2D eigenvalue weighted by Gasteiger charge is -2.25. The predicted octanol–water partition coefficient (Wildman–Crippen LogP) is 2.42. The Kier molecular flexibility index (Phi) is 6.04. The molecule has 2 N–H and O–H groups in total. The molecule has 5 nitrogen and oxygen atoms in total. The van der Waals surface area contributed by atoms with Gasteiger partial charge in [-0.25, -0.2) is 13.1 Å². The summed E-state index contributed by atoms with van der Waals surface area (Å²) in [6.07, 6.45) is -0.244. The Morgan fingerprint density at radius 1 is 1.38 bits per heavy atom. The molecule has 1 atom stereocenters. The van der Waals surface area contributed by atoms with Gasteiger partial charge in [-0.3, -0.25) is 0 Å². The van der Waals surface area contributed by atoms with E-state index in [4.69, 9.17) is 16.3 Å². The van der Waals surface area contributed by atoms with Gasteiger partial charge >= 0.3 is 0 Å². The molecule has 120 valence electrons. The van der Waals surface area contributed by atoms with Gasteiger partial charge in [0.2, 0.25) is 10.0 Å². The molecule has 0 saturated carbocycles. The van der Waals surface area contributed by atoms with Crippen LogP contribution in [0.5, 0.6) is 5.75 Å². The number of benzene rings is 1. The lowest BCUT2D eigenvalue weighted by Crippen LogP contribution is -2.32.